The van der Waals surface area contributed by atoms with Crippen molar-refractivity contribution in [2.24, 2.45) is 0 Å². The van der Waals surface area contributed by atoms with E-state index in [1.807, 2.05) is 0 Å². The predicted octanol–water partition coefficient (Wildman–Crippen LogP) is 0.235. The molecule has 0 aliphatic carbocycles. The van der Waals surface area contributed by atoms with E-state index >= 15 is 0 Å². The van der Waals surface area contributed by atoms with Gasteiger partial charge in [0.2, 0.25) is 10.0 Å². The fraction of sp³-hybridized carbons (Fsp3) is 0.455. The second-order valence-corrected chi connectivity index (χ2v) is 5.75. The predicted molar refractivity (Wildman–Crippen MR) is 65.3 cm³/mol. The van der Waals surface area contributed by atoms with Crippen LogP contribution in [0.2, 0.25) is 0 Å². The molecule has 0 aliphatic rings. The van der Waals surface area contributed by atoms with E-state index in [-0.39, 0.29) is 12.4 Å². The smallest absolute Gasteiger partial charge is 0.209 e. The molecule has 0 heterocycles. The Labute approximate surface area is 101 Å². The van der Waals surface area contributed by atoms with Crippen LogP contribution in [0.25, 0.3) is 0 Å². The molecule has 96 valence electrons. The first-order chi connectivity index (χ1) is 7.90. The molecular weight excluding hydrogens is 242 g/mol. The van der Waals surface area contributed by atoms with E-state index in [4.69, 9.17) is 10.2 Å². The summed E-state index contributed by atoms with van der Waals surface area (Å²) in [5, 5.41) is 18.1. The molecule has 0 aliphatic heterocycles. The molecule has 17 heavy (non-hydrogen) atoms. The summed E-state index contributed by atoms with van der Waals surface area (Å²) in [4.78, 5) is 0. The Balaban J connectivity index is 2.50. The maximum atomic E-state index is 11.0. The van der Waals surface area contributed by atoms with Gasteiger partial charge >= 0.3 is 0 Å². The van der Waals surface area contributed by atoms with Crippen LogP contribution in [0.4, 0.5) is 0 Å². The maximum Gasteiger partial charge on any atom is 0.209 e. The molecule has 0 radical (unpaired) electrons. The number of aryl methyl sites for hydroxylation is 1. The zero-order chi connectivity index (χ0) is 12.9. The van der Waals surface area contributed by atoms with E-state index in [2.05, 4.69) is 4.72 Å². The van der Waals surface area contributed by atoms with E-state index in [9.17, 15) is 8.42 Å². The lowest BCUT2D eigenvalue weighted by molar-refractivity contribution is 0.251. The molecule has 0 amide bonds. The molecule has 0 bridgehead atoms. The summed E-state index contributed by atoms with van der Waals surface area (Å²) in [5.41, 5.74) is 0.983. The quantitative estimate of drug-likeness (QED) is 0.683. The van der Waals surface area contributed by atoms with Crippen LogP contribution in [0.5, 0.6) is 5.75 Å². The average Bonchev–Trinajstić information content (AvgIpc) is 2.25. The van der Waals surface area contributed by atoms with E-state index < -0.39 is 16.1 Å². The molecule has 0 saturated heterocycles. The summed E-state index contributed by atoms with van der Waals surface area (Å²) in [6.45, 7) is -0.231. The number of sulfonamides is 1. The summed E-state index contributed by atoms with van der Waals surface area (Å²) in [5.74, 6) is 0.196. The monoisotopic (exact) mass is 259 g/mol. The third kappa shape index (κ3) is 5.67. The number of aromatic hydroxyl groups is 1. The molecule has 0 saturated carbocycles. The number of phenolic OH excluding ortho intramolecular Hbond substituents is 1. The summed E-state index contributed by atoms with van der Waals surface area (Å²) in [6.07, 6.45) is 2.21. The largest absolute Gasteiger partial charge is 0.508 e. The van der Waals surface area contributed by atoms with Crippen molar-refractivity contribution in [1.29, 1.82) is 0 Å². The molecule has 3 N–H and O–H groups in total. The highest BCUT2D eigenvalue weighted by atomic mass is 32.2. The maximum absolute atomic E-state index is 11.0. The Hall–Kier alpha value is -1.11. The summed E-state index contributed by atoms with van der Waals surface area (Å²) in [7, 11) is -3.30. The molecule has 6 heteroatoms. The molecule has 0 unspecified atom stereocenters. The number of hydrogen-bond acceptors (Lipinski definition) is 4. The van der Waals surface area contributed by atoms with Crippen LogP contribution in [0.3, 0.4) is 0 Å². The van der Waals surface area contributed by atoms with Crippen molar-refractivity contribution in [3.05, 3.63) is 29.8 Å². The van der Waals surface area contributed by atoms with E-state index in [1.165, 1.54) is 0 Å². The minimum absolute atomic E-state index is 0.196. The van der Waals surface area contributed by atoms with Crippen molar-refractivity contribution in [3.8, 4) is 5.75 Å². The van der Waals surface area contributed by atoms with Crippen LogP contribution in [0, 0.1) is 0 Å². The zero-order valence-electron chi connectivity index (χ0n) is 9.63. The van der Waals surface area contributed by atoms with Gasteiger partial charge in [-0.3, -0.25) is 0 Å². The Morgan fingerprint density at radius 1 is 1.29 bits per heavy atom. The zero-order valence-corrected chi connectivity index (χ0v) is 10.4. The molecule has 0 spiro atoms. The van der Waals surface area contributed by atoms with Crippen LogP contribution in [0.1, 0.15) is 12.0 Å². The van der Waals surface area contributed by atoms with Crippen LogP contribution in [-0.4, -0.2) is 37.5 Å². The third-order valence-electron chi connectivity index (χ3n) is 2.32. The first-order valence-electron chi connectivity index (χ1n) is 5.27. The van der Waals surface area contributed by atoms with Crippen molar-refractivity contribution in [1.82, 2.24) is 4.72 Å². The Kier molecular flexibility index (Phi) is 4.92. The van der Waals surface area contributed by atoms with Gasteiger partial charge in [0.05, 0.1) is 12.9 Å². The first kappa shape index (κ1) is 14.0. The Morgan fingerprint density at radius 3 is 2.35 bits per heavy atom. The highest BCUT2D eigenvalue weighted by Crippen LogP contribution is 2.12. The van der Waals surface area contributed by atoms with Crippen LogP contribution < -0.4 is 4.72 Å². The summed E-state index contributed by atoms with van der Waals surface area (Å²) < 4.78 is 24.4. The van der Waals surface area contributed by atoms with Gasteiger partial charge in [-0.05, 0) is 30.5 Å². The van der Waals surface area contributed by atoms with E-state index in [0.29, 0.717) is 12.8 Å². The minimum atomic E-state index is -3.30. The fourth-order valence-corrected chi connectivity index (χ4v) is 2.29. The Bertz CT molecular complexity index is 441. The van der Waals surface area contributed by atoms with Gasteiger partial charge in [-0.2, -0.15) is 0 Å². The lowest BCUT2D eigenvalue weighted by Gasteiger charge is -2.14. The highest BCUT2D eigenvalue weighted by Gasteiger charge is 2.12. The molecule has 0 aromatic heterocycles. The number of phenols is 1. The van der Waals surface area contributed by atoms with Crippen molar-refractivity contribution in [2.75, 3.05) is 12.9 Å². The van der Waals surface area contributed by atoms with Crippen molar-refractivity contribution < 1.29 is 18.6 Å². The number of hydrogen-bond donors (Lipinski definition) is 3. The average molecular weight is 259 g/mol. The SMILES string of the molecule is CS(=O)(=O)N[C@H](CO)CCc1ccc(O)cc1. The van der Waals surface area contributed by atoms with Gasteiger partial charge in [-0.1, -0.05) is 12.1 Å². The minimum Gasteiger partial charge on any atom is -0.508 e. The molecule has 1 aromatic carbocycles. The van der Waals surface area contributed by atoms with Crippen molar-refractivity contribution in [2.45, 2.75) is 18.9 Å². The second kappa shape index (κ2) is 6.00. The second-order valence-electron chi connectivity index (χ2n) is 3.97. The van der Waals surface area contributed by atoms with Crippen LogP contribution in [0.15, 0.2) is 24.3 Å². The van der Waals surface area contributed by atoms with Crippen molar-refractivity contribution >= 4 is 10.0 Å². The van der Waals surface area contributed by atoms with Gasteiger partial charge in [0.1, 0.15) is 5.75 Å². The number of benzene rings is 1. The van der Waals surface area contributed by atoms with Gasteiger partial charge in [0, 0.05) is 6.04 Å². The fourth-order valence-electron chi connectivity index (χ4n) is 1.49. The lowest BCUT2D eigenvalue weighted by atomic mass is 10.1. The van der Waals surface area contributed by atoms with Gasteiger partial charge in [-0.25, -0.2) is 13.1 Å². The lowest BCUT2D eigenvalue weighted by Crippen LogP contribution is -2.37. The number of aliphatic hydroxyl groups is 1. The number of rotatable bonds is 6. The van der Waals surface area contributed by atoms with Crippen LogP contribution >= 0.6 is 0 Å². The number of aliphatic hydroxyl groups excluding tert-OH is 1. The Morgan fingerprint density at radius 2 is 1.88 bits per heavy atom. The molecule has 0 fully saturated rings. The standard InChI is InChI=1S/C11H17NO4S/c1-17(15,16)12-10(8-13)5-2-9-3-6-11(14)7-4-9/h3-4,6-7,10,12-14H,2,5,8H2,1H3/t10-/m0/s1. The van der Waals surface area contributed by atoms with E-state index in [0.717, 1.165) is 11.8 Å². The molecule has 1 atom stereocenters. The van der Waals surface area contributed by atoms with Gasteiger partial charge in [0.15, 0.2) is 0 Å². The first-order valence-corrected chi connectivity index (χ1v) is 7.16. The topological polar surface area (TPSA) is 86.6 Å². The van der Waals surface area contributed by atoms with Gasteiger partial charge in [0.25, 0.3) is 0 Å². The normalized spacial score (nSPS) is 13.5. The molecule has 1 aromatic rings. The van der Waals surface area contributed by atoms with Crippen LogP contribution in [-0.2, 0) is 16.4 Å². The summed E-state index contributed by atoms with van der Waals surface area (Å²) >= 11 is 0. The molecule has 5 nitrogen and oxygen atoms in total. The number of nitrogens with one attached hydrogen (secondary N) is 1. The van der Waals surface area contributed by atoms with E-state index in [1.54, 1.807) is 24.3 Å². The molecule has 1 rings (SSSR count). The highest BCUT2D eigenvalue weighted by molar-refractivity contribution is 7.88. The van der Waals surface area contributed by atoms with Gasteiger partial charge in [-0.15, -0.1) is 0 Å². The molecular formula is C11H17NO4S. The van der Waals surface area contributed by atoms with Crippen molar-refractivity contribution in [3.63, 3.8) is 0 Å². The summed E-state index contributed by atoms with van der Waals surface area (Å²) in [6, 6.07) is 6.22. The third-order valence-corrected chi connectivity index (χ3v) is 3.08. The van der Waals surface area contributed by atoms with Gasteiger partial charge < -0.3 is 10.2 Å².